The van der Waals surface area contributed by atoms with Crippen molar-refractivity contribution in [3.63, 3.8) is 0 Å². The summed E-state index contributed by atoms with van der Waals surface area (Å²) in [5, 5.41) is 17.7. The first-order valence-electron chi connectivity index (χ1n) is 6.32. The Balaban J connectivity index is 2.31. The summed E-state index contributed by atoms with van der Waals surface area (Å²) >= 11 is 0. The molecule has 0 radical (unpaired) electrons. The minimum atomic E-state index is -0.560. The number of nitrogens with one attached hydrogen (secondary N) is 1. The van der Waals surface area contributed by atoms with Gasteiger partial charge in [0.15, 0.2) is 0 Å². The van der Waals surface area contributed by atoms with Crippen LogP contribution in [0.15, 0.2) is 18.2 Å². The van der Waals surface area contributed by atoms with Crippen molar-refractivity contribution in [2.45, 2.75) is 32.3 Å². The molecule has 0 amide bonds. The van der Waals surface area contributed by atoms with E-state index >= 15 is 0 Å². The van der Waals surface area contributed by atoms with Gasteiger partial charge in [-0.05, 0) is 38.3 Å². The lowest BCUT2D eigenvalue weighted by atomic mass is 9.92. The van der Waals surface area contributed by atoms with Crippen LogP contribution >= 0.6 is 0 Å². The Labute approximate surface area is 108 Å². The summed E-state index contributed by atoms with van der Waals surface area (Å²) in [5.74, 6) is 0.103. The van der Waals surface area contributed by atoms with Crippen molar-refractivity contribution in [2.24, 2.45) is 5.73 Å². The van der Waals surface area contributed by atoms with Crippen LogP contribution < -0.4 is 10.6 Å². The molecule has 1 saturated heterocycles. The van der Waals surface area contributed by atoms with E-state index in [1.807, 2.05) is 32.0 Å². The number of nitrogens with two attached hydrogens (primary N) is 1. The SMILES string of the molecule is Cc1cccc(C(=N)N)c1N1CCC(C)(O)CC1. The summed E-state index contributed by atoms with van der Waals surface area (Å²) in [4.78, 5) is 2.23. The number of benzene rings is 1. The summed E-state index contributed by atoms with van der Waals surface area (Å²) in [6, 6.07) is 5.85. The van der Waals surface area contributed by atoms with Gasteiger partial charge >= 0.3 is 0 Å². The number of anilines is 1. The highest BCUT2D eigenvalue weighted by molar-refractivity contribution is 6.01. The molecule has 0 saturated carbocycles. The van der Waals surface area contributed by atoms with Crippen LogP contribution in [0.4, 0.5) is 5.69 Å². The van der Waals surface area contributed by atoms with Crippen molar-refractivity contribution in [3.05, 3.63) is 29.3 Å². The Hall–Kier alpha value is -1.55. The van der Waals surface area contributed by atoms with Crippen LogP contribution in [-0.2, 0) is 0 Å². The monoisotopic (exact) mass is 247 g/mol. The maximum Gasteiger partial charge on any atom is 0.124 e. The number of nitrogen functional groups attached to an aromatic ring is 1. The van der Waals surface area contributed by atoms with Gasteiger partial charge in [-0.1, -0.05) is 12.1 Å². The number of piperidine rings is 1. The van der Waals surface area contributed by atoms with Crippen molar-refractivity contribution in [1.29, 1.82) is 5.41 Å². The van der Waals surface area contributed by atoms with E-state index in [9.17, 15) is 5.11 Å². The zero-order chi connectivity index (χ0) is 13.3. The lowest BCUT2D eigenvalue weighted by molar-refractivity contribution is 0.0351. The van der Waals surface area contributed by atoms with Crippen molar-refractivity contribution >= 4 is 11.5 Å². The Morgan fingerprint density at radius 3 is 2.56 bits per heavy atom. The minimum absolute atomic E-state index is 0.103. The lowest BCUT2D eigenvalue weighted by Gasteiger charge is -2.38. The molecule has 4 heteroatoms. The molecule has 1 fully saturated rings. The number of aliphatic hydroxyl groups is 1. The highest BCUT2D eigenvalue weighted by atomic mass is 16.3. The maximum absolute atomic E-state index is 9.99. The van der Waals surface area contributed by atoms with Gasteiger partial charge in [-0.25, -0.2) is 0 Å². The molecule has 0 spiro atoms. The fraction of sp³-hybridized carbons (Fsp3) is 0.500. The summed E-state index contributed by atoms with van der Waals surface area (Å²) in [5.41, 5.74) is 8.05. The Kier molecular flexibility index (Phi) is 3.30. The van der Waals surface area contributed by atoms with Crippen LogP contribution in [0.1, 0.15) is 30.9 Å². The molecule has 0 aromatic heterocycles. The largest absolute Gasteiger partial charge is 0.390 e. The smallest absolute Gasteiger partial charge is 0.124 e. The minimum Gasteiger partial charge on any atom is -0.390 e. The predicted molar refractivity (Wildman–Crippen MR) is 74.3 cm³/mol. The standard InChI is InChI=1S/C14H21N3O/c1-10-4-3-5-11(13(15)16)12(10)17-8-6-14(2,18)7-9-17/h3-5,18H,6-9H2,1-2H3,(H3,15,16). The van der Waals surface area contributed by atoms with Crippen molar-refractivity contribution in [3.8, 4) is 0 Å². The van der Waals surface area contributed by atoms with E-state index in [0.717, 1.165) is 42.7 Å². The number of hydrogen-bond acceptors (Lipinski definition) is 3. The first kappa shape index (κ1) is 12.9. The molecule has 1 aromatic rings. The molecule has 0 atom stereocenters. The first-order valence-corrected chi connectivity index (χ1v) is 6.32. The molecule has 1 aliphatic heterocycles. The number of para-hydroxylation sites is 1. The number of aryl methyl sites for hydroxylation is 1. The van der Waals surface area contributed by atoms with Gasteiger partial charge in [0.25, 0.3) is 0 Å². The summed E-state index contributed by atoms with van der Waals surface area (Å²) < 4.78 is 0. The van der Waals surface area contributed by atoms with Gasteiger partial charge in [0.2, 0.25) is 0 Å². The van der Waals surface area contributed by atoms with Crippen LogP contribution in [-0.4, -0.2) is 29.6 Å². The lowest BCUT2D eigenvalue weighted by Crippen LogP contribution is -2.43. The molecule has 0 unspecified atom stereocenters. The van der Waals surface area contributed by atoms with Gasteiger partial charge in [-0.15, -0.1) is 0 Å². The molecule has 4 N–H and O–H groups in total. The molecule has 18 heavy (non-hydrogen) atoms. The molecular formula is C14H21N3O. The number of hydrogen-bond donors (Lipinski definition) is 3. The van der Waals surface area contributed by atoms with Crippen molar-refractivity contribution in [1.82, 2.24) is 0 Å². The van der Waals surface area contributed by atoms with Crippen molar-refractivity contribution < 1.29 is 5.11 Å². The summed E-state index contributed by atoms with van der Waals surface area (Å²) in [7, 11) is 0. The van der Waals surface area contributed by atoms with Crippen LogP contribution in [0, 0.1) is 12.3 Å². The summed E-state index contributed by atoms with van der Waals surface area (Å²) in [6.07, 6.45) is 1.50. The zero-order valence-corrected chi connectivity index (χ0v) is 11.0. The third-order valence-corrected chi connectivity index (χ3v) is 3.68. The average molecular weight is 247 g/mol. The molecule has 98 valence electrons. The first-order chi connectivity index (χ1) is 8.41. The van der Waals surface area contributed by atoms with E-state index in [1.165, 1.54) is 0 Å². The molecule has 0 aliphatic carbocycles. The fourth-order valence-electron chi connectivity index (χ4n) is 2.51. The Bertz CT molecular complexity index is 458. The molecular weight excluding hydrogens is 226 g/mol. The van der Waals surface area contributed by atoms with E-state index in [0.29, 0.717) is 0 Å². The number of nitrogens with zero attached hydrogens (tertiary/aromatic N) is 1. The van der Waals surface area contributed by atoms with E-state index in [-0.39, 0.29) is 5.84 Å². The number of rotatable bonds is 2. The van der Waals surface area contributed by atoms with Gasteiger partial charge in [0.1, 0.15) is 5.84 Å². The molecule has 1 heterocycles. The molecule has 1 aromatic carbocycles. The zero-order valence-electron chi connectivity index (χ0n) is 11.0. The average Bonchev–Trinajstić information content (AvgIpc) is 2.29. The fourth-order valence-corrected chi connectivity index (χ4v) is 2.51. The topological polar surface area (TPSA) is 73.3 Å². The second kappa shape index (κ2) is 4.61. The molecule has 1 aliphatic rings. The maximum atomic E-state index is 9.99. The van der Waals surface area contributed by atoms with E-state index in [4.69, 9.17) is 11.1 Å². The van der Waals surface area contributed by atoms with E-state index < -0.39 is 5.60 Å². The van der Waals surface area contributed by atoms with Crippen LogP contribution in [0.25, 0.3) is 0 Å². The number of amidine groups is 1. The van der Waals surface area contributed by atoms with Gasteiger partial charge in [-0.2, -0.15) is 0 Å². The molecule has 2 rings (SSSR count). The van der Waals surface area contributed by atoms with Gasteiger partial charge in [-0.3, -0.25) is 5.41 Å². The van der Waals surface area contributed by atoms with Crippen LogP contribution in [0.3, 0.4) is 0 Å². The van der Waals surface area contributed by atoms with Crippen LogP contribution in [0.5, 0.6) is 0 Å². The van der Waals surface area contributed by atoms with Crippen LogP contribution in [0.2, 0.25) is 0 Å². The third-order valence-electron chi connectivity index (χ3n) is 3.68. The van der Waals surface area contributed by atoms with Gasteiger partial charge in [0.05, 0.1) is 11.3 Å². The van der Waals surface area contributed by atoms with Crippen molar-refractivity contribution in [2.75, 3.05) is 18.0 Å². The van der Waals surface area contributed by atoms with Gasteiger partial charge in [0, 0.05) is 18.7 Å². The quantitative estimate of drug-likeness (QED) is 0.549. The van der Waals surface area contributed by atoms with Gasteiger partial charge < -0.3 is 15.7 Å². The predicted octanol–water partition coefficient (Wildman–Crippen LogP) is 1.63. The Morgan fingerprint density at radius 1 is 1.39 bits per heavy atom. The highest BCUT2D eigenvalue weighted by Gasteiger charge is 2.29. The normalized spacial score (nSPS) is 18.7. The molecule has 0 bridgehead atoms. The third kappa shape index (κ3) is 2.48. The van der Waals surface area contributed by atoms with E-state index in [2.05, 4.69) is 4.90 Å². The molecule has 4 nitrogen and oxygen atoms in total. The second-order valence-corrected chi connectivity index (χ2v) is 5.37. The van der Waals surface area contributed by atoms with E-state index in [1.54, 1.807) is 0 Å². The second-order valence-electron chi connectivity index (χ2n) is 5.37. The highest BCUT2D eigenvalue weighted by Crippen LogP contribution is 2.30. The summed E-state index contributed by atoms with van der Waals surface area (Å²) in [6.45, 7) is 5.53. The Morgan fingerprint density at radius 2 is 2.00 bits per heavy atom.